The van der Waals surface area contributed by atoms with Crippen LogP contribution in [0.25, 0.3) is 0 Å². The van der Waals surface area contributed by atoms with Gasteiger partial charge in [0.15, 0.2) is 6.29 Å². The van der Waals surface area contributed by atoms with Crippen LogP contribution in [-0.2, 0) is 27.1 Å². The van der Waals surface area contributed by atoms with Crippen molar-refractivity contribution in [2.45, 2.75) is 38.4 Å². The van der Waals surface area contributed by atoms with E-state index < -0.39 is 5.91 Å². The van der Waals surface area contributed by atoms with E-state index in [0.717, 1.165) is 50.8 Å². The van der Waals surface area contributed by atoms with Gasteiger partial charge in [0.25, 0.3) is 5.91 Å². The number of ether oxygens (including phenoxy) is 2. The fourth-order valence-corrected chi connectivity index (χ4v) is 5.47. The van der Waals surface area contributed by atoms with Gasteiger partial charge in [-0.05, 0) is 50.8 Å². The van der Waals surface area contributed by atoms with Crippen molar-refractivity contribution in [3.8, 4) is 0 Å². The van der Waals surface area contributed by atoms with E-state index in [1.807, 2.05) is 0 Å². The van der Waals surface area contributed by atoms with Crippen LogP contribution < -0.4 is 11.1 Å². The molecule has 0 aromatic carbocycles. The second-order valence-electron chi connectivity index (χ2n) is 7.20. The molecule has 7 nitrogen and oxygen atoms in total. The number of piperidine rings is 1. The number of nitrogens with zero attached hydrogens (tertiary/aromatic N) is 1. The summed E-state index contributed by atoms with van der Waals surface area (Å²) >= 11 is 1.50. The van der Waals surface area contributed by atoms with Gasteiger partial charge in [-0.1, -0.05) is 0 Å². The second-order valence-corrected chi connectivity index (χ2v) is 8.30. The first-order valence-electron chi connectivity index (χ1n) is 9.31. The number of amides is 2. The normalized spacial score (nSPS) is 21.8. The minimum absolute atomic E-state index is 0.0717. The number of carbonyl (C=O) groups is 2. The fraction of sp³-hybridized carbons (Fsp3) is 0.667. The van der Waals surface area contributed by atoms with Crippen molar-refractivity contribution in [2.75, 3.05) is 38.2 Å². The first-order chi connectivity index (χ1) is 12.6. The van der Waals surface area contributed by atoms with Crippen molar-refractivity contribution in [1.82, 2.24) is 4.90 Å². The van der Waals surface area contributed by atoms with Gasteiger partial charge >= 0.3 is 0 Å². The number of hydrogen-bond donors (Lipinski definition) is 2. The van der Waals surface area contributed by atoms with Gasteiger partial charge in [-0.15, -0.1) is 11.3 Å². The molecule has 142 valence electrons. The summed E-state index contributed by atoms with van der Waals surface area (Å²) in [7, 11) is 0. The van der Waals surface area contributed by atoms with Gasteiger partial charge in [0.1, 0.15) is 5.00 Å². The lowest BCUT2D eigenvalue weighted by atomic mass is 9.96. The Balaban J connectivity index is 1.32. The van der Waals surface area contributed by atoms with E-state index in [4.69, 9.17) is 15.2 Å². The lowest BCUT2D eigenvalue weighted by Gasteiger charge is -2.33. The molecule has 2 amide bonds. The molecule has 2 saturated heterocycles. The topological polar surface area (TPSA) is 93.9 Å². The maximum Gasteiger partial charge on any atom is 0.251 e. The number of rotatable bonds is 5. The Morgan fingerprint density at radius 2 is 1.92 bits per heavy atom. The summed E-state index contributed by atoms with van der Waals surface area (Å²) in [6.45, 7) is 3.40. The molecule has 0 spiro atoms. The van der Waals surface area contributed by atoms with Crippen LogP contribution in [0.1, 0.15) is 40.1 Å². The van der Waals surface area contributed by atoms with Crippen LogP contribution in [0.5, 0.6) is 0 Å². The van der Waals surface area contributed by atoms with Gasteiger partial charge in [-0.2, -0.15) is 0 Å². The summed E-state index contributed by atoms with van der Waals surface area (Å²) in [4.78, 5) is 27.6. The number of primary amides is 1. The molecule has 0 unspecified atom stereocenters. The summed E-state index contributed by atoms with van der Waals surface area (Å²) in [6, 6.07) is 0. The van der Waals surface area contributed by atoms with Crippen LogP contribution >= 0.6 is 11.3 Å². The van der Waals surface area contributed by atoms with Crippen molar-refractivity contribution in [3.63, 3.8) is 0 Å². The quantitative estimate of drug-likeness (QED) is 0.806. The summed E-state index contributed by atoms with van der Waals surface area (Å²) in [5.41, 5.74) is 7.11. The standard InChI is InChI=1S/C18H25N3O4S/c19-16(23)15-12-2-1-3-13(12)26-17(15)20-14(22)10-21-6-4-11(5-7-21)18-24-8-9-25-18/h11,18H,1-10H2,(H2,19,23)(H,20,22). The zero-order chi connectivity index (χ0) is 18.1. The first kappa shape index (κ1) is 17.9. The van der Waals surface area contributed by atoms with Crippen molar-refractivity contribution >= 4 is 28.2 Å². The van der Waals surface area contributed by atoms with Crippen LogP contribution in [0.3, 0.4) is 0 Å². The highest BCUT2D eigenvalue weighted by Gasteiger charge is 2.31. The molecule has 4 rings (SSSR count). The molecule has 8 heteroatoms. The molecule has 0 radical (unpaired) electrons. The Labute approximate surface area is 156 Å². The molecule has 2 aliphatic heterocycles. The van der Waals surface area contributed by atoms with Crippen molar-refractivity contribution in [2.24, 2.45) is 11.7 Å². The van der Waals surface area contributed by atoms with Crippen LogP contribution in [0, 0.1) is 5.92 Å². The summed E-state index contributed by atoms with van der Waals surface area (Å²) in [6.07, 6.45) is 4.76. The Bertz CT molecular complexity index is 691. The zero-order valence-corrected chi connectivity index (χ0v) is 15.6. The number of hydrogen-bond acceptors (Lipinski definition) is 6. The second kappa shape index (κ2) is 7.64. The largest absolute Gasteiger partial charge is 0.365 e. The molecule has 3 heterocycles. The number of aryl methyl sites for hydroxylation is 1. The Morgan fingerprint density at radius 3 is 2.62 bits per heavy atom. The van der Waals surface area contributed by atoms with E-state index in [1.165, 1.54) is 16.2 Å². The predicted molar refractivity (Wildman–Crippen MR) is 98.3 cm³/mol. The molecule has 0 atom stereocenters. The van der Waals surface area contributed by atoms with Crippen LogP contribution in [0.4, 0.5) is 5.00 Å². The third kappa shape index (κ3) is 3.64. The van der Waals surface area contributed by atoms with Gasteiger partial charge in [0.2, 0.25) is 5.91 Å². The molecular formula is C18H25N3O4S. The zero-order valence-electron chi connectivity index (χ0n) is 14.8. The molecule has 0 saturated carbocycles. The molecule has 1 aliphatic carbocycles. The van der Waals surface area contributed by atoms with Gasteiger partial charge in [-0.3, -0.25) is 14.5 Å². The smallest absolute Gasteiger partial charge is 0.251 e. The van der Waals surface area contributed by atoms with Gasteiger partial charge < -0.3 is 20.5 Å². The Kier molecular flexibility index (Phi) is 5.26. The molecule has 2 fully saturated rings. The third-order valence-corrected chi connectivity index (χ3v) is 6.66. The predicted octanol–water partition coefficient (Wildman–Crippen LogP) is 1.36. The molecule has 1 aromatic rings. The highest BCUT2D eigenvalue weighted by molar-refractivity contribution is 7.17. The lowest BCUT2D eigenvalue weighted by Crippen LogP contribution is -2.41. The van der Waals surface area contributed by atoms with Gasteiger partial charge in [-0.25, -0.2) is 0 Å². The monoisotopic (exact) mass is 379 g/mol. The van der Waals surface area contributed by atoms with E-state index in [0.29, 0.717) is 36.2 Å². The molecule has 0 bridgehead atoms. The van der Waals surface area contributed by atoms with Gasteiger partial charge in [0, 0.05) is 10.8 Å². The fourth-order valence-electron chi connectivity index (χ4n) is 4.15. The maximum atomic E-state index is 12.5. The third-order valence-electron chi connectivity index (χ3n) is 5.45. The number of thiophene rings is 1. The first-order valence-corrected chi connectivity index (χ1v) is 10.1. The number of anilines is 1. The Morgan fingerprint density at radius 1 is 1.19 bits per heavy atom. The maximum absolute atomic E-state index is 12.5. The molecule has 26 heavy (non-hydrogen) atoms. The van der Waals surface area contributed by atoms with E-state index in [2.05, 4.69) is 10.2 Å². The minimum atomic E-state index is -0.447. The number of carbonyl (C=O) groups excluding carboxylic acids is 2. The average molecular weight is 379 g/mol. The molecule has 3 aliphatic rings. The van der Waals surface area contributed by atoms with E-state index in [1.54, 1.807) is 0 Å². The lowest BCUT2D eigenvalue weighted by molar-refractivity contribution is -0.119. The van der Waals surface area contributed by atoms with Crippen LogP contribution in [-0.4, -0.2) is 55.9 Å². The minimum Gasteiger partial charge on any atom is -0.365 e. The van der Waals surface area contributed by atoms with Crippen LogP contribution in [0.15, 0.2) is 0 Å². The van der Waals surface area contributed by atoms with E-state index in [9.17, 15) is 9.59 Å². The average Bonchev–Trinajstić information content (AvgIpc) is 3.31. The molecular weight excluding hydrogens is 354 g/mol. The van der Waals surface area contributed by atoms with Crippen LogP contribution in [0.2, 0.25) is 0 Å². The number of nitrogens with two attached hydrogens (primary N) is 1. The van der Waals surface area contributed by atoms with E-state index >= 15 is 0 Å². The summed E-state index contributed by atoms with van der Waals surface area (Å²) < 4.78 is 11.2. The number of nitrogens with one attached hydrogen (secondary N) is 1. The molecule has 3 N–H and O–H groups in total. The molecule has 1 aromatic heterocycles. The van der Waals surface area contributed by atoms with Crippen molar-refractivity contribution < 1.29 is 19.1 Å². The number of likely N-dealkylation sites (tertiary alicyclic amines) is 1. The Hall–Kier alpha value is -1.48. The summed E-state index contributed by atoms with van der Waals surface area (Å²) in [5.74, 6) is -0.116. The van der Waals surface area contributed by atoms with Crippen molar-refractivity contribution in [3.05, 3.63) is 16.0 Å². The SMILES string of the molecule is NC(=O)c1c(NC(=O)CN2CCC(C3OCCO3)CC2)sc2c1CCC2. The van der Waals surface area contributed by atoms with Crippen molar-refractivity contribution in [1.29, 1.82) is 0 Å². The highest BCUT2D eigenvalue weighted by atomic mass is 32.1. The highest BCUT2D eigenvalue weighted by Crippen LogP contribution is 2.38. The van der Waals surface area contributed by atoms with E-state index in [-0.39, 0.29) is 12.2 Å². The summed E-state index contributed by atoms with van der Waals surface area (Å²) in [5, 5.41) is 3.54. The van der Waals surface area contributed by atoms with Gasteiger partial charge in [0.05, 0.1) is 25.3 Å². The number of fused-ring (bicyclic) bond motifs is 1.